The number of halogens is 1. The second-order valence-corrected chi connectivity index (χ2v) is 11.5. The normalized spacial score (nSPS) is 24.3. The van der Waals surface area contributed by atoms with E-state index in [1.54, 1.807) is 12.4 Å². The van der Waals surface area contributed by atoms with Crippen LogP contribution in [0.2, 0.25) is 5.02 Å². The van der Waals surface area contributed by atoms with Gasteiger partial charge in [-0.15, -0.1) is 0 Å². The number of anilines is 1. The number of hydrogen-bond donors (Lipinski definition) is 1. The fraction of sp³-hybridized carbons (Fsp3) is 0.519. The molecule has 0 spiro atoms. The summed E-state index contributed by atoms with van der Waals surface area (Å²) in [5, 5.41) is 4.41. The molecule has 2 atom stereocenters. The summed E-state index contributed by atoms with van der Waals surface area (Å²) in [6, 6.07) is 4.15. The van der Waals surface area contributed by atoms with Crippen LogP contribution in [0.3, 0.4) is 0 Å². The SMILES string of the molecule is CC1CCC(Cn2c(N3C[C@H](C)C[C@H]3C)nc3cc(-c4noc(=O)[nH]4)nc(-c4cncc(Cl)c4)c32)CC1. The highest BCUT2D eigenvalue weighted by Crippen LogP contribution is 2.39. The Kier molecular flexibility index (Phi) is 6.26. The second-order valence-electron chi connectivity index (χ2n) is 11.0. The van der Waals surface area contributed by atoms with Gasteiger partial charge < -0.3 is 9.47 Å². The van der Waals surface area contributed by atoms with E-state index in [2.05, 4.69) is 45.4 Å². The van der Waals surface area contributed by atoms with Crippen LogP contribution in [0.1, 0.15) is 52.9 Å². The Balaban J connectivity index is 1.58. The monoisotopic (exact) mass is 521 g/mol. The molecule has 2 fully saturated rings. The lowest BCUT2D eigenvalue weighted by Gasteiger charge is -2.29. The molecule has 2 aliphatic rings. The molecule has 194 valence electrons. The molecular formula is C27H32ClN7O2. The number of H-pyrrole nitrogens is 1. The van der Waals surface area contributed by atoms with E-state index in [9.17, 15) is 4.79 Å². The summed E-state index contributed by atoms with van der Waals surface area (Å²) in [6.45, 7) is 8.79. The van der Waals surface area contributed by atoms with Gasteiger partial charge in [-0.1, -0.05) is 43.4 Å². The van der Waals surface area contributed by atoms with Crippen LogP contribution in [0.15, 0.2) is 33.8 Å². The Morgan fingerprint density at radius 3 is 2.57 bits per heavy atom. The van der Waals surface area contributed by atoms with Crippen molar-refractivity contribution >= 4 is 28.6 Å². The van der Waals surface area contributed by atoms with Crippen molar-refractivity contribution in [1.82, 2.24) is 29.7 Å². The minimum atomic E-state index is -0.625. The number of hydrogen-bond acceptors (Lipinski definition) is 7. The Hall–Kier alpha value is -3.20. The van der Waals surface area contributed by atoms with Crippen LogP contribution in [0.5, 0.6) is 0 Å². The molecule has 6 rings (SSSR count). The lowest BCUT2D eigenvalue weighted by atomic mass is 9.83. The minimum Gasteiger partial charge on any atom is -0.339 e. The molecule has 0 aromatic carbocycles. The number of imidazole rings is 1. The molecule has 1 saturated heterocycles. The lowest BCUT2D eigenvalue weighted by Crippen LogP contribution is -2.30. The Morgan fingerprint density at radius 1 is 1.08 bits per heavy atom. The number of fused-ring (bicyclic) bond motifs is 1. The number of rotatable bonds is 5. The molecule has 1 N–H and O–H groups in total. The van der Waals surface area contributed by atoms with E-state index in [1.165, 1.54) is 25.7 Å². The highest BCUT2D eigenvalue weighted by atomic mass is 35.5. The first-order valence-electron chi connectivity index (χ1n) is 13.2. The quantitative estimate of drug-likeness (QED) is 0.367. The van der Waals surface area contributed by atoms with Crippen LogP contribution in [0, 0.1) is 17.8 Å². The molecule has 5 heterocycles. The molecule has 9 nitrogen and oxygen atoms in total. The molecule has 37 heavy (non-hydrogen) atoms. The van der Waals surface area contributed by atoms with Crippen molar-refractivity contribution in [3.8, 4) is 22.8 Å². The summed E-state index contributed by atoms with van der Waals surface area (Å²) in [5.74, 6) is 2.60. The van der Waals surface area contributed by atoms with E-state index in [-0.39, 0.29) is 5.82 Å². The van der Waals surface area contributed by atoms with Gasteiger partial charge in [0.15, 0.2) is 0 Å². The molecule has 1 aliphatic carbocycles. The van der Waals surface area contributed by atoms with Crippen LogP contribution in [-0.4, -0.2) is 42.2 Å². The maximum Gasteiger partial charge on any atom is 0.439 e. The zero-order valence-electron chi connectivity index (χ0n) is 21.4. The van der Waals surface area contributed by atoms with Crippen LogP contribution >= 0.6 is 11.6 Å². The molecule has 1 aliphatic heterocycles. The van der Waals surface area contributed by atoms with Gasteiger partial charge in [0.1, 0.15) is 5.69 Å². The van der Waals surface area contributed by atoms with Crippen molar-refractivity contribution < 1.29 is 4.52 Å². The number of pyridine rings is 2. The maximum atomic E-state index is 11.7. The summed E-state index contributed by atoms with van der Waals surface area (Å²) in [4.78, 5) is 31.3. The largest absolute Gasteiger partial charge is 0.439 e. The topological polar surface area (TPSA) is 106 Å². The smallest absolute Gasteiger partial charge is 0.339 e. The third kappa shape index (κ3) is 4.65. The van der Waals surface area contributed by atoms with Gasteiger partial charge >= 0.3 is 5.76 Å². The first-order chi connectivity index (χ1) is 17.9. The molecule has 4 aromatic heterocycles. The van der Waals surface area contributed by atoms with E-state index in [1.807, 2.05) is 12.1 Å². The van der Waals surface area contributed by atoms with Crippen molar-refractivity contribution in [2.24, 2.45) is 17.8 Å². The van der Waals surface area contributed by atoms with Crippen LogP contribution in [0.4, 0.5) is 5.95 Å². The average molecular weight is 522 g/mol. The molecule has 0 bridgehead atoms. The highest BCUT2D eigenvalue weighted by Gasteiger charge is 2.32. The number of nitrogens with zero attached hydrogens (tertiary/aromatic N) is 6. The van der Waals surface area contributed by atoms with Gasteiger partial charge in [0.2, 0.25) is 11.8 Å². The van der Waals surface area contributed by atoms with Gasteiger partial charge in [-0.05, 0) is 56.1 Å². The van der Waals surface area contributed by atoms with Crippen molar-refractivity contribution in [3.63, 3.8) is 0 Å². The van der Waals surface area contributed by atoms with E-state index in [0.717, 1.165) is 48.0 Å². The Labute approximate surface area is 220 Å². The Morgan fingerprint density at radius 2 is 1.89 bits per heavy atom. The molecule has 1 saturated carbocycles. The number of nitrogens with one attached hydrogen (secondary N) is 1. The third-order valence-electron chi connectivity index (χ3n) is 7.98. The van der Waals surface area contributed by atoms with E-state index in [4.69, 9.17) is 26.1 Å². The highest BCUT2D eigenvalue weighted by molar-refractivity contribution is 6.30. The minimum absolute atomic E-state index is 0.267. The van der Waals surface area contributed by atoms with Crippen LogP contribution < -0.4 is 10.7 Å². The van der Waals surface area contributed by atoms with Crippen molar-refractivity contribution in [2.75, 3.05) is 11.4 Å². The summed E-state index contributed by atoms with van der Waals surface area (Å²) in [5.41, 5.74) is 3.75. The predicted octanol–water partition coefficient (Wildman–Crippen LogP) is 5.55. The van der Waals surface area contributed by atoms with Crippen molar-refractivity contribution in [1.29, 1.82) is 0 Å². The summed E-state index contributed by atoms with van der Waals surface area (Å²) in [7, 11) is 0. The zero-order valence-corrected chi connectivity index (χ0v) is 22.2. The number of aromatic amines is 1. The summed E-state index contributed by atoms with van der Waals surface area (Å²) in [6.07, 6.45) is 9.47. The van der Waals surface area contributed by atoms with E-state index in [0.29, 0.717) is 34.3 Å². The number of aromatic nitrogens is 6. The van der Waals surface area contributed by atoms with E-state index >= 15 is 0 Å². The molecular weight excluding hydrogens is 490 g/mol. The lowest BCUT2D eigenvalue weighted by molar-refractivity contribution is 0.267. The first-order valence-corrected chi connectivity index (χ1v) is 13.6. The van der Waals surface area contributed by atoms with Gasteiger partial charge in [0.25, 0.3) is 0 Å². The van der Waals surface area contributed by atoms with Crippen molar-refractivity contribution in [3.05, 3.63) is 40.1 Å². The van der Waals surface area contributed by atoms with Gasteiger partial charge in [-0.25, -0.2) is 14.8 Å². The third-order valence-corrected chi connectivity index (χ3v) is 8.19. The van der Waals surface area contributed by atoms with Crippen LogP contribution in [-0.2, 0) is 6.54 Å². The summed E-state index contributed by atoms with van der Waals surface area (Å²) < 4.78 is 7.15. The van der Waals surface area contributed by atoms with Gasteiger partial charge in [0.05, 0.1) is 21.7 Å². The standard InChI is InChI=1S/C27H32ClN7O2/c1-15-4-6-18(7-5-15)14-35-24-21(31-26(35)34-13-16(2)8-17(34)3)10-22(25-32-27(36)37-33-25)30-23(24)19-9-20(28)12-29-11-19/h9-12,15-18H,4-8,13-14H2,1-3H3,(H,32,33,36)/t15?,16-,17-,18?/m1/s1. The fourth-order valence-electron chi connectivity index (χ4n) is 6.09. The predicted molar refractivity (Wildman–Crippen MR) is 144 cm³/mol. The molecule has 0 radical (unpaired) electrons. The fourth-order valence-corrected chi connectivity index (χ4v) is 6.26. The van der Waals surface area contributed by atoms with E-state index < -0.39 is 5.76 Å². The van der Waals surface area contributed by atoms with Gasteiger partial charge in [0, 0.05) is 37.1 Å². The van der Waals surface area contributed by atoms with Gasteiger partial charge in [-0.3, -0.25) is 14.5 Å². The molecule has 0 unspecified atom stereocenters. The zero-order chi connectivity index (χ0) is 25.7. The first kappa shape index (κ1) is 24.2. The molecule has 4 aromatic rings. The average Bonchev–Trinajstić information content (AvgIpc) is 3.56. The van der Waals surface area contributed by atoms with Crippen molar-refractivity contribution in [2.45, 2.75) is 65.5 Å². The molecule has 10 heteroatoms. The second kappa shape index (κ2) is 9.59. The van der Waals surface area contributed by atoms with Crippen LogP contribution in [0.25, 0.3) is 33.8 Å². The van der Waals surface area contributed by atoms with Gasteiger partial charge in [-0.2, -0.15) is 0 Å². The Bertz CT molecular complexity index is 1480. The molecule has 0 amide bonds. The maximum absolute atomic E-state index is 11.7. The summed E-state index contributed by atoms with van der Waals surface area (Å²) >= 11 is 6.36.